The minimum Gasteiger partial charge on any atom is -0.453 e. The van der Waals surface area contributed by atoms with Gasteiger partial charge in [0.1, 0.15) is 11.3 Å². The minimum atomic E-state index is -0.404. The van der Waals surface area contributed by atoms with Crippen LogP contribution >= 0.6 is 0 Å². The van der Waals surface area contributed by atoms with E-state index in [0.29, 0.717) is 5.95 Å². The molecule has 4 heterocycles. The van der Waals surface area contributed by atoms with Crippen LogP contribution in [0.25, 0.3) is 60.7 Å². The SMILES string of the molecule is CC1(C)c2ncccc2Oc2c1c1ccccc1c1c3ccccc3n(-c3nc(-c4ccccc4)c4ccccc4n3)c21. The van der Waals surface area contributed by atoms with Crippen LogP contribution in [0, 0.1) is 0 Å². The third kappa shape index (κ3) is 3.30. The van der Waals surface area contributed by atoms with Crippen LogP contribution < -0.4 is 4.74 Å². The van der Waals surface area contributed by atoms with Crippen molar-refractivity contribution in [2.75, 3.05) is 0 Å². The number of pyridine rings is 1. The molecule has 0 unspecified atom stereocenters. The topological polar surface area (TPSA) is 52.8 Å². The number of hydrogen-bond acceptors (Lipinski definition) is 4. The lowest BCUT2D eigenvalue weighted by Crippen LogP contribution is -2.26. The van der Waals surface area contributed by atoms with Gasteiger partial charge in [-0.2, -0.15) is 0 Å². The molecule has 0 spiro atoms. The fraction of sp³-hybridized carbons (Fsp3) is 0.0789. The number of benzene rings is 5. The molecule has 0 fully saturated rings. The van der Waals surface area contributed by atoms with Gasteiger partial charge in [-0.25, -0.2) is 9.97 Å². The van der Waals surface area contributed by atoms with Crippen LogP contribution in [0.2, 0.25) is 0 Å². The van der Waals surface area contributed by atoms with E-state index in [1.807, 2.05) is 36.5 Å². The van der Waals surface area contributed by atoms with E-state index in [0.717, 1.165) is 66.7 Å². The molecule has 0 saturated heterocycles. The minimum absolute atomic E-state index is 0.404. The standard InChI is InChI=1S/C38H26N4O/c1-38(2)32-25-16-7-6-15-24(25)31-27-18-9-11-20-29(27)42(34(31)35(32)43-30-21-12-22-39-36(30)38)37-40-28-19-10-8-17-26(28)33(41-37)23-13-4-3-5-14-23/h3-22H,1-2H3. The molecular weight excluding hydrogens is 528 g/mol. The summed E-state index contributed by atoms with van der Waals surface area (Å²) >= 11 is 0. The maximum atomic E-state index is 6.89. The summed E-state index contributed by atoms with van der Waals surface area (Å²) in [6.45, 7) is 4.48. The smallest absolute Gasteiger partial charge is 0.235 e. The number of ether oxygens (including phenoxy) is 1. The first-order valence-corrected chi connectivity index (χ1v) is 14.6. The van der Waals surface area contributed by atoms with Gasteiger partial charge in [0.15, 0.2) is 5.75 Å². The van der Waals surface area contributed by atoms with Crippen molar-refractivity contribution in [2.45, 2.75) is 19.3 Å². The number of rotatable bonds is 2. The summed E-state index contributed by atoms with van der Waals surface area (Å²) < 4.78 is 9.09. The van der Waals surface area contributed by atoms with E-state index < -0.39 is 5.41 Å². The molecule has 0 radical (unpaired) electrons. The van der Waals surface area contributed by atoms with E-state index in [2.05, 4.69) is 103 Å². The molecule has 0 atom stereocenters. The van der Waals surface area contributed by atoms with Gasteiger partial charge < -0.3 is 4.74 Å². The van der Waals surface area contributed by atoms with Gasteiger partial charge in [-0.15, -0.1) is 0 Å². The summed E-state index contributed by atoms with van der Waals surface area (Å²) in [5, 5.41) is 5.62. The fourth-order valence-electron chi connectivity index (χ4n) is 6.97. The second-order valence-electron chi connectivity index (χ2n) is 11.7. The van der Waals surface area contributed by atoms with Gasteiger partial charge in [-0.05, 0) is 48.9 Å². The number of fused-ring (bicyclic) bond motifs is 10. The van der Waals surface area contributed by atoms with Crippen LogP contribution in [0.1, 0.15) is 25.1 Å². The molecule has 43 heavy (non-hydrogen) atoms. The van der Waals surface area contributed by atoms with E-state index in [4.69, 9.17) is 19.7 Å². The average Bonchev–Trinajstić information content (AvgIpc) is 3.40. The molecule has 0 saturated carbocycles. The van der Waals surface area contributed by atoms with Crippen LogP contribution in [0.15, 0.2) is 121 Å². The Bertz CT molecular complexity index is 2410. The normalized spacial score (nSPS) is 13.7. The van der Waals surface area contributed by atoms with Crippen molar-refractivity contribution in [3.63, 3.8) is 0 Å². The quantitative estimate of drug-likeness (QED) is 0.214. The van der Waals surface area contributed by atoms with Gasteiger partial charge in [0.05, 0.1) is 22.4 Å². The van der Waals surface area contributed by atoms with Crippen molar-refractivity contribution >= 4 is 43.5 Å². The van der Waals surface area contributed by atoms with Crippen LogP contribution in [0.4, 0.5) is 0 Å². The van der Waals surface area contributed by atoms with Crippen molar-refractivity contribution in [1.82, 2.24) is 19.5 Å². The Morgan fingerprint density at radius 3 is 2.19 bits per heavy atom. The Balaban J connectivity index is 1.50. The number of hydrogen-bond donors (Lipinski definition) is 0. The van der Waals surface area contributed by atoms with Crippen molar-refractivity contribution in [2.24, 2.45) is 0 Å². The molecule has 0 bridgehead atoms. The monoisotopic (exact) mass is 554 g/mol. The summed E-state index contributed by atoms with van der Waals surface area (Å²) in [6, 6.07) is 39.7. The Morgan fingerprint density at radius 1 is 0.651 bits per heavy atom. The van der Waals surface area contributed by atoms with E-state index in [1.54, 1.807) is 0 Å². The first-order valence-electron chi connectivity index (χ1n) is 14.6. The molecule has 5 aromatic carbocycles. The van der Waals surface area contributed by atoms with Crippen molar-refractivity contribution in [3.8, 4) is 28.7 Å². The lowest BCUT2D eigenvalue weighted by molar-refractivity contribution is 0.415. The van der Waals surface area contributed by atoms with E-state index >= 15 is 0 Å². The Labute approximate surface area is 248 Å². The molecule has 3 aromatic heterocycles. The fourth-order valence-corrected chi connectivity index (χ4v) is 6.97. The number of para-hydroxylation sites is 2. The number of aromatic nitrogens is 4. The maximum Gasteiger partial charge on any atom is 0.235 e. The molecular formula is C38H26N4O. The first kappa shape index (κ1) is 24.1. The first-order chi connectivity index (χ1) is 21.1. The third-order valence-corrected chi connectivity index (χ3v) is 8.82. The Morgan fingerprint density at radius 2 is 1.35 bits per heavy atom. The van der Waals surface area contributed by atoms with Crippen molar-refractivity contribution < 1.29 is 4.74 Å². The van der Waals surface area contributed by atoms with Crippen LogP contribution in [0.3, 0.4) is 0 Å². The van der Waals surface area contributed by atoms with Crippen LogP contribution in [0.5, 0.6) is 11.5 Å². The van der Waals surface area contributed by atoms with Gasteiger partial charge in [0, 0.05) is 38.9 Å². The lowest BCUT2D eigenvalue weighted by atomic mass is 9.75. The average molecular weight is 555 g/mol. The third-order valence-electron chi connectivity index (χ3n) is 8.82. The highest BCUT2D eigenvalue weighted by atomic mass is 16.5. The Kier molecular flexibility index (Phi) is 4.89. The maximum absolute atomic E-state index is 6.89. The predicted molar refractivity (Wildman–Crippen MR) is 173 cm³/mol. The summed E-state index contributed by atoms with van der Waals surface area (Å²) in [6.07, 6.45) is 1.85. The van der Waals surface area contributed by atoms with Gasteiger partial charge in [-0.3, -0.25) is 9.55 Å². The molecule has 8 aromatic rings. The van der Waals surface area contributed by atoms with Gasteiger partial charge in [0.2, 0.25) is 5.95 Å². The second-order valence-corrected chi connectivity index (χ2v) is 11.7. The molecule has 5 nitrogen and oxygen atoms in total. The molecule has 9 rings (SSSR count). The Hall–Kier alpha value is -5.55. The van der Waals surface area contributed by atoms with Gasteiger partial charge in [0.25, 0.3) is 0 Å². The summed E-state index contributed by atoms with van der Waals surface area (Å²) in [7, 11) is 0. The molecule has 0 aliphatic carbocycles. The predicted octanol–water partition coefficient (Wildman–Crippen LogP) is 9.37. The lowest BCUT2D eigenvalue weighted by Gasteiger charge is -2.35. The number of nitrogens with zero attached hydrogens (tertiary/aromatic N) is 4. The van der Waals surface area contributed by atoms with Crippen LogP contribution in [-0.2, 0) is 5.41 Å². The second kappa shape index (κ2) is 8.73. The highest BCUT2D eigenvalue weighted by molar-refractivity contribution is 6.24. The zero-order valence-electron chi connectivity index (χ0n) is 23.7. The summed E-state index contributed by atoms with van der Waals surface area (Å²) in [5.74, 6) is 2.21. The molecule has 204 valence electrons. The zero-order valence-corrected chi connectivity index (χ0v) is 23.7. The van der Waals surface area contributed by atoms with E-state index in [-0.39, 0.29) is 0 Å². The zero-order chi connectivity index (χ0) is 28.7. The molecule has 1 aliphatic rings. The highest BCUT2D eigenvalue weighted by Gasteiger charge is 2.40. The van der Waals surface area contributed by atoms with E-state index in [1.165, 1.54) is 10.8 Å². The highest BCUT2D eigenvalue weighted by Crippen LogP contribution is 2.54. The van der Waals surface area contributed by atoms with E-state index in [9.17, 15) is 0 Å². The molecule has 5 heteroatoms. The molecule has 0 N–H and O–H groups in total. The van der Waals surface area contributed by atoms with Crippen molar-refractivity contribution in [1.29, 1.82) is 0 Å². The summed E-state index contributed by atoms with van der Waals surface area (Å²) in [4.78, 5) is 15.3. The largest absolute Gasteiger partial charge is 0.453 e. The van der Waals surface area contributed by atoms with Crippen LogP contribution in [-0.4, -0.2) is 19.5 Å². The van der Waals surface area contributed by atoms with Gasteiger partial charge in [-0.1, -0.05) is 91.0 Å². The summed E-state index contributed by atoms with van der Waals surface area (Å²) in [5.41, 5.74) is 6.49. The molecule has 1 aliphatic heterocycles. The van der Waals surface area contributed by atoms with Crippen molar-refractivity contribution in [3.05, 3.63) is 133 Å². The van der Waals surface area contributed by atoms with Gasteiger partial charge >= 0.3 is 0 Å². The molecule has 0 amide bonds.